The Kier molecular flexibility index (Phi) is 2.58. The van der Waals surface area contributed by atoms with Gasteiger partial charge in [-0.2, -0.15) is 0 Å². The highest BCUT2D eigenvalue weighted by Crippen LogP contribution is 2.52. The van der Waals surface area contributed by atoms with Gasteiger partial charge in [0.05, 0.1) is 5.60 Å². The van der Waals surface area contributed by atoms with Crippen LogP contribution in [0.2, 0.25) is 0 Å². The average molecular weight is 249 g/mol. The van der Waals surface area contributed by atoms with Crippen molar-refractivity contribution in [2.75, 3.05) is 6.54 Å². The molecule has 0 aromatic rings. The first-order valence-electron chi connectivity index (χ1n) is 8.11. The second-order valence-corrected chi connectivity index (χ2v) is 7.82. The van der Waals surface area contributed by atoms with Crippen LogP contribution in [0, 0.1) is 17.8 Å². The Labute approximate surface area is 111 Å². The van der Waals surface area contributed by atoms with Gasteiger partial charge >= 0.3 is 0 Å². The first kappa shape index (κ1) is 11.7. The molecule has 2 heteroatoms. The molecule has 0 amide bonds. The monoisotopic (exact) mass is 249 g/mol. The number of hydrogen-bond acceptors (Lipinski definition) is 2. The van der Waals surface area contributed by atoms with E-state index in [0.717, 1.165) is 43.2 Å². The van der Waals surface area contributed by atoms with Crippen LogP contribution in [-0.2, 0) is 0 Å². The predicted octanol–water partition coefficient (Wildman–Crippen LogP) is 2.80. The zero-order valence-corrected chi connectivity index (χ0v) is 11.6. The van der Waals surface area contributed by atoms with Crippen molar-refractivity contribution < 1.29 is 5.11 Å². The summed E-state index contributed by atoms with van der Waals surface area (Å²) in [5.74, 6) is 2.83. The van der Waals surface area contributed by atoms with Crippen LogP contribution in [0.5, 0.6) is 0 Å². The smallest absolute Gasteiger partial charge is 0.0791 e. The minimum Gasteiger partial charge on any atom is -0.388 e. The first-order valence-corrected chi connectivity index (χ1v) is 8.11. The van der Waals surface area contributed by atoms with E-state index in [0.29, 0.717) is 6.04 Å². The third-order valence-corrected chi connectivity index (χ3v) is 6.26. The molecule has 2 bridgehead atoms. The molecule has 4 fully saturated rings. The Balaban J connectivity index is 1.41. The van der Waals surface area contributed by atoms with E-state index in [9.17, 15) is 5.11 Å². The van der Waals surface area contributed by atoms with Gasteiger partial charge in [0.25, 0.3) is 0 Å². The zero-order valence-electron chi connectivity index (χ0n) is 11.6. The number of nitrogens with zero attached hydrogens (tertiary/aromatic N) is 1. The van der Waals surface area contributed by atoms with Gasteiger partial charge in [-0.15, -0.1) is 0 Å². The van der Waals surface area contributed by atoms with Gasteiger partial charge in [0.15, 0.2) is 0 Å². The number of β-amino-alcohol motifs (C(OH)–C–C–N with tert-alkyl or cyclic N) is 1. The summed E-state index contributed by atoms with van der Waals surface area (Å²) in [6, 6.07) is 1.43. The van der Waals surface area contributed by atoms with Gasteiger partial charge in [-0.25, -0.2) is 0 Å². The lowest BCUT2D eigenvalue weighted by Gasteiger charge is -2.31. The lowest BCUT2D eigenvalue weighted by molar-refractivity contribution is 0.0150. The van der Waals surface area contributed by atoms with Crippen molar-refractivity contribution in [3.8, 4) is 0 Å². The van der Waals surface area contributed by atoms with Crippen LogP contribution < -0.4 is 0 Å². The largest absolute Gasteiger partial charge is 0.388 e. The Morgan fingerprint density at radius 1 is 1.17 bits per heavy atom. The molecular formula is C16H27NO. The van der Waals surface area contributed by atoms with E-state index in [1.165, 1.54) is 38.5 Å². The van der Waals surface area contributed by atoms with Gasteiger partial charge in [0.1, 0.15) is 0 Å². The van der Waals surface area contributed by atoms with Crippen LogP contribution >= 0.6 is 0 Å². The number of fused-ring (bicyclic) bond motifs is 2. The molecule has 0 radical (unpaired) electrons. The van der Waals surface area contributed by atoms with Crippen molar-refractivity contribution >= 4 is 0 Å². The lowest BCUT2D eigenvalue weighted by Crippen LogP contribution is -2.37. The Hall–Kier alpha value is -0.0800. The summed E-state index contributed by atoms with van der Waals surface area (Å²) in [7, 11) is 0. The number of aliphatic hydroxyl groups is 1. The third-order valence-electron chi connectivity index (χ3n) is 6.26. The Morgan fingerprint density at radius 3 is 2.61 bits per heavy atom. The maximum absolute atomic E-state index is 11.0. The number of hydrogen-bond donors (Lipinski definition) is 1. The molecule has 5 unspecified atom stereocenters. The van der Waals surface area contributed by atoms with E-state index in [1.807, 2.05) is 0 Å². The highest BCUT2D eigenvalue weighted by molar-refractivity contribution is 5.03. The number of rotatable bonds is 3. The molecule has 3 saturated carbocycles. The van der Waals surface area contributed by atoms with Crippen molar-refractivity contribution in [1.29, 1.82) is 0 Å². The molecule has 1 saturated heterocycles. The molecule has 2 nitrogen and oxygen atoms in total. The van der Waals surface area contributed by atoms with E-state index in [2.05, 4.69) is 11.8 Å². The van der Waals surface area contributed by atoms with Gasteiger partial charge in [-0.1, -0.05) is 6.42 Å². The Morgan fingerprint density at radius 2 is 2.00 bits per heavy atom. The van der Waals surface area contributed by atoms with Gasteiger partial charge < -0.3 is 5.11 Å². The van der Waals surface area contributed by atoms with Gasteiger partial charge in [0, 0.05) is 18.6 Å². The van der Waals surface area contributed by atoms with Crippen molar-refractivity contribution in [1.82, 2.24) is 4.90 Å². The molecular weight excluding hydrogens is 222 g/mol. The fraction of sp³-hybridized carbons (Fsp3) is 1.00. The van der Waals surface area contributed by atoms with Crippen LogP contribution in [-0.4, -0.2) is 34.2 Å². The fourth-order valence-electron chi connectivity index (χ4n) is 5.38. The molecule has 1 N–H and O–H groups in total. The van der Waals surface area contributed by atoms with Crippen LogP contribution in [0.4, 0.5) is 0 Å². The van der Waals surface area contributed by atoms with Crippen molar-refractivity contribution in [3.05, 3.63) is 0 Å². The quantitative estimate of drug-likeness (QED) is 0.831. The second-order valence-electron chi connectivity index (χ2n) is 7.82. The highest BCUT2D eigenvalue weighted by atomic mass is 16.3. The summed E-state index contributed by atoms with van der Waals surface area (Å²) in [5.41, 5.74) is -0.350. The molecule has 0 aromatic carbocycles. The summed E-state index contributed by atoms with van der Waals surface area (Å²) in [6.07, 6.45) is 10.7. The van der Waals surface area contributed by atoms with E-state index in [4.69, 9.17) is 0 Å². The van der Waals surface area contributed by atoms with Crippen LogP contribution in [0.25, 0.3) is 0 Å². The number of likely N-dealkylation sites (tertiary alicyclic amines) is 1. The summed E-state index contributed by atoms with van der Waals surface area (Å²) in [5, 5.41) is 11.0. The topological polar surface area (TPSA) is 23.5 Å². The maximum Gasteiger partial charge on any atom is 0.0791 e. The molecule has 5 atom stereocenters. The molecule has 0 spiro atoms. The summed E-state index contributed by atoms with van der Waals surface area (Å²) < 4.78 is 0. The average Bonchev–Trinajstić information content (AvgIpc) is 2.84. The van der Waals surface area contributed by atoms with E-state index in [-0.39, 0.29) is 5.60 Å². The molecule has 102 valence electrons. The van der Waals surface area contributed by atoms with Gasteiger partial charge in [-0.3, -0.25) is 4.90 Å². The molecule has 4 rings (SSSR count). The van der Waals surface area contributed by atoms with Crippen molar-refractivity contribution in [2.45, 2.75) is 76.0 Å². The van der Waals surface area contributed by atoms with Crippen LogP contribution in [0.3, 0.4) is 0 Å². The second kappa shape index (κ2) is 3.96. The minimum atomic E-state index is -0.350. The van der Waals surface area contributed by atoms with Crippen LogP contribution in [0.1, 0.15) is 58.3 Å². The molecule has 1 heterocycles. The SMILES string of the molecule is CC1CC(O)(CC2CC3CCC2C3)CN1C1CC1. The van der Waals surface area contributed by atoms with Crippen molar-refractivity contribution in [3.63, 3.8) is 0 Å². The van der Waals surface area contributed by atoms with Gasteiger partial charge in [0.2, 0.25) is 0 Å². The van der Waals surface area contributed by atoms with E-state index in [1.54, 1.807) is 0 Å². The van der Waals surface area contributed by atoms with Gasteiger partial charge in [-0.05, 0) is 69.6 Å². The predicted molar refractivity (Wildman–Crippen MR) is 72.3 cm³/mol. The Bertz CT molecular complexity index is 340. The van der Waals surface area contributed by atoms with E-state index < -0.39 is 0 Å². The fourth-order valence-corrected chi connectivity index (χ4v) is 5.38. The standard InChI is InChI=1S/C16H27NO/c1-11-8-16(18,10-17(11)15-4-5-15)9-14-7-12-2-3-13(14)6-12/h11-15,18H,2-10H2,1H3. The molecule has 4 aliphatic rings. The molecule has 0 aromatic heterocycles. The molecule has 3 aliphatic carbocycles. The normalized spacial score (nSPS) is 52.3. The zero-order chi connectivity index (χ0) is 12.3. The maximum atomic E-state index is 11.0. The molecule has 1 aliphatic heterocycles. The first-order chi connectivity index (χ1) is 8.63. The summed E-state index contributed by atoms with van der Waals surface area (Å²) in [6.45, 7) is 3.28. The summed E-state index contributed by atoms with van der Waals surface area (Å²) in [4.78, 5) is 2.59. The minimum absolute atomic E-state index is 0.350. The van der Waals surface area contributed by atoms with Crippen LogP contribution in [0.15, 0.2) is 0 Å². The lowest BCUT2D eigenvalue weighted by atomic mass is 9.79. The van der Waals surface area contributed by atoms with E-state index >= 15 is 0 Å². The molecule has 18 heavy (non-hydrogen) atoms. The highest BCUT2D eigenvalue weighted by Gasteiger charge is 2.49. The summed E-state index contributed by atoms with van der Waals surface area (Å²) >= 11 is 0. The van der Waals surface area contributed by atoms with Crippen molar-refractivity contribution in [2.24, 2.45) is 17.8 Å². The third kappa shape index (κ3) is 1.92.